The third-order valence-electron chi connectivity index (χ3n) is 4.44. The standard InChI is InChI=1S/C20H16N2O2S2/c1-25-13-7-3-11(4-8-13)17-15-16(20(24)21-17)18(22-19(15)23)12-5-9-14(26-2)10-6-12/h3-10H,1-2H3,(H,21,24)(H,22,23). The molecule has 2 heterocycles. The summed E-state index contributed by atoms with van der Waals surface area (Å²) in [5.74, 6) is -0.488. The van der Waals surface area contributed by atoms with Crippen molar-refractivity contribution < 1.29 is 9.59 Å². The Morgan fingerprint density at radius 2 is 0.962 bits per heavy atom. The van der Waals surface area contributed by atoms with Crippen molar-refractivity contribution in [2.75, 3.05) is 12.5 Å². The molecule has 2 aliphatic rings. The topological polar surface area (TPSA) is 58.2 Å². The Balaban J connectivity index is 1.81. The number of carbonyl (C=O) groups is 2. The number of thioether (sulfide) groups is 2. The van der Waals surface area contributed by atoms with Gasteiger partial charge in [0.15, 0.2) is 0 Å². The number of fused-ring (bicyclic) bond motifs is 1. The Morgan fingerprint density at radius 3 is 1.27 bits per heavy atom. The summed E-state index contributed by atoms with van der Waals surface area (Å²) in [5.41, 5.74) is 3.66. The smallest absolute Gasteiger partial charge is 0.258 e. The molecule has 2 amide bonds. The van der Waals surface area contributed by atoms with Gasteiger partial charge in [-0.15, -0.1) is 23.5 Å². The van der Waals surface area contributed by atoms with E-state index < -0.39 is 0 Å². The maximum Gasteiger partial charge on any atom is 0.258 e. The molecule has 4 rings (SSSR count). The van der Waals surface area contributed by atoms with E-state index in [-0.39, 0.29) is 11.8 Å². The van der Waals surface area contributed by atoms with Gasteiger partial charge >= 0.3 is 0 Å². The zero-order chi connectivity index (χ0) is 18.3. The lowest BCUT2D eigenvalue weighted by Gasteiger charge is -2.08. The monoisotopic (exact) mass is 380 g/mol. The van der Waals surface area contributed by atoms with Gasteiger partial charge in [-0.25, -0.2) is 0 Å². The summed E-state index contributed by atoms with van der Waals surface area (Å²) in [6, 6.07) is 15.6. The molecule has 0 atom stereocenters. The number of rotatable bonds is 4. The van der Waals surface area contributed by atoms with Crippen LogP contribution in [-0.4, -0.2) is 24.3 Å². The fourth-order valence-corrected chi connectivity index (χ4v) is 3.95. The predicted octanol–water partition coefficient (Wildman–Crippen LogP) is 3.51. The molecule has 0 saturated heterocycles. The van der Waals surface area contributed by atoms with Crippen LogP contribution in [0.1, 0.15) is 11.1 Å². The molecule has 0 aliphatic carbocycles. The van der Waals surface area contributed by atoms with Crippen LogP contribution >= 0.6 is 23.5 Å². The Bertz CT molecular complexity index is 892. The van der Waals surface area contributed by atoms with Crippen LogP contribution in [0.4, 0.5) is 0 Å². The van der Waals surface area contributed by atoms with Gasteiger partial charge in [0.05, 0.1) is 22.5 Å². The lowest BCUT2D eigenvalue weighted by molar-refractivity contribution is -0.117. The lowest BCUT2D eigenvalue weighted by Crippen LogP contribution is -2.21. The van der Waals surface area contributed by atoms with Crippen molar-refractivity contribution in [1.29, 1.82) is 0 Å². The third-order valence-corrected chi connectivity index (χ3v) is 5.93. The number of carbonyl (C=O) groups excluding carboxylic acids is 2. The molecule has 2 aliphatic heterocycles. The molecule has 0 bridgehead atoms. The Morgan fingerprint density at radius 1 is 0.615 bits per heavy atom. The first-order chi connectivity index (χ1) is 12.6. The zero-order valence-corrected chi connectivity index (χ0v) is 15.9. The van der Waals surface area contributed by atoms with Crippen LogP contribution in [0.5, 0.6) is 0 Å². The van der Waals surface area contributed by atoms with E-state index in [0.29, 0.717) is 22.5 Å². The molecule has 130 valence electrons. The summed E-state index contributed by atoms with van der Waals surface area (Å²) in [6.07, 6.45) is 4.02. The second-order valence-electron chi connectivity index (χ2n) is 5.87. The summed E-state index contributed by atoms with van der Waals surface area (Å²) in [4.78, 5) is 27.5. The maximum absolute atomic E-state index is 12.6. The Kier molecular flexibility index (Phi) is 4.38. The summed E-state index contributed by atoms with van der Waals surface area (Å²) in [5, 5.41) is 5.75. The van der Waals surface area contributed by atoms with Gasteiger partial charge in [0.25, 0.3) is 11.8 Å². The number of amides is 2. The van der Waals surface area contributed by atoms with E-state index in [1.807, 2.05) is 61.0 Å². The molecule has 2 aromatic rings. The molecule has 26 heavy (non-hydrogen) atoms. The van der Waals surface area contributed by atoms with Crippen molar-refractivity contribution in [1.82, 2.24) is 10.6 Å². The van der Waals surface area contributed by atoms with Crippen LogP contribution in [0.15, 0.2) is 69.5 Å². The molecule has 0 saturated carbocycles. The van der Waals surface area contributed by atoms with Crippen LogP contribution < -0.4 is 10.6 Å². The Hall–Kier alpha value is -2.44. The van der Waals surface area contributed by atoms with Gasteiger partial charge in [-0.2, -0.15) is 0 Å². The SMILES string of the molecule is CSc1ccc(C2=C3C(=O)NC(c4ccc(SC)cc4)=C3C(=O)N2)cc1. The molecule has 4 nitrogen and oxygen atoms in total. The van der Waals surface area contributed by atoms with Crippen molar-refractivity contribution in [3.05, 3.63) is 70.8 Å². The van der Waals surface area contributed by atoms with Crippen molar-refractivity contribution in [2.24, 2.45) is 0 Å². The fourth-order valence-electron chi connectivity index (χ4n) is 3.13. The van der Waals surface area contributed by atoms with E-state index >= 15 is 0 Å². The van der Waals surface area contributed by atoms with E-state index in [4.69, 9.17) is 0 Å². The van der Waals surface area contributed by atoms with Crippen LogP contribution in [0.25, 0.3) is 11.4 Å². The van der Waals surface area contributed by atoms with Gasteiger partial charge in [-0.05, 0) is 47.9 Å². The summed E-state index contributed by atoms with van der Waals surface area (Å²) < 4.78 is 0. The number of hydrogen-bond acceptors (Lipinski definition) is 4. The molecule has 6 heteroatoms. The molecular weight excluding hydrogens is 364 g/mol. The molecular formula is C20H16N2O2S2. The van der Waals surface area contributed by atoms with Gasteiger partial charge in [-0.1, -0.05) is 24.3 Å². The highest BCUT2D eigenvalue weighted by atomic mass is 32.2. The van der Waals surface area contributed by atoms with E-state index in [9.17, 15) is 9.59 Å². The summed E-state index contributed by atoms with van der Waals surface area (Å²) in [7, 11) is 0. The molecule has 0 fully saturated rings. The summed E-state index contributed by atoms with van der Waals surface area (Å²) >= 11 is 3.29. The minimum Gasteiger partial charge on any atom is -0.321 e. The van der Waals surface area contributed by atoms with Gasteiger partial charge in [0.1, 0.15) is 0 Å². The average Bonchev–Trinajstić information content (AvgIpc) is 3.21. The minimum absolute atomic E-state index is 0.244. The number of hydrogen-bond donors (Lipinski definition) is 2. The highest BCUT2D eigenvalue weighted by molar-refractivity contribution is 7.98. The molecule has 0 unspecified atom stereocenters. The Labute approximate surface area is 160 Å². The molecule has 0 aromatic heterocycles. The first-order valence-corrected chi connectivity index (χ1v) is 10.5. The first kappa shape index (κ1) is 17.0. The predicted molar refractivity (Wildman–Crippen MR) is 107 cm³/mol. The van der Waals surface area contributed by atoms with Gasteiger partial charge in [0.2, 0.25) is 0 Å². The van der Waals surface area contributed by atoms with Crippen molar-refractivity contribution in [3.8, 4) is 0 Å². The third kappa shape index (κ3) is 2.75. The lowest BCUT2D eigenvalue weighted by atomic mass is 10.0. The fraction of sp³-hybridized carbons (Fsp3) is 0.100. The minimum atomic E-state index is -0.244. The number of nitrogens with one attached hydrogen (secondary N) is 2. The van der Waals surface area contributed by atoms with Crippen LogP contribution in [-0.2, 0) is 9.59 Å². The first-order valence-electron chi connectivity index (χ1n) is 8.03. The van der Waals surface area contributed by atoms with Crippen molar-refractivity contribution in [2.45, 2.75) is 9.79 Å². The van der Waals surface area contributed by atoms with Crippen molar-refractivity contribution >= 4 is 46.7 Å². The highest BCUT2D eigenvalue weighted by Crippen LogP contribution is 2.37. The molecule has 0 radical (unpaired) electrons. The van der Waals surface area contributed by atoms with Crippen LogP contribution in [0.3, 0.4) is 0 Å². The van der Waals surface area contributed by atoms with Gasteiger partial charge < -0.3 is 10.6 Å². The van der Waals surface area contributed by atoms with Crippen molar-refractivity contribution in [3.63, 3.8) is 0 Å². The van der Waals surface area contributed by atoms with E-state index in [1.165, 1.54) is 0 Å². The second-order valence-corrected chi connectivity index (χ2v) is 7.62. The maximum atomic E-state index is 12.6. The average molecular weight is 380 g/mol. The molecule has 0 spiro atoms. The largest absolute Gasteiger partial charge is 0.321 e. The van der Waals surface area contributed by atoms with E-state index in [0.717, 1.165) is 20.9 Å². The van der Waals surface area contributed by atoms with Gasteiger partial charge in [-0.3, -0.25) is 9.59 Å². The number of benzene rings is 2. The normalized spacial score (nSPS) is 16.1. The summed E-state index contributed by atoms with van der Waals surface area (Å²) in [6.45, 7) is 0. The second kappa shape index (κ2) is 6.70. The zero-order valence-electron chi connectivity index (χ0n) is 14.3. The quantitative estimate of drug-likeness (QED) is 0.797. The molecule has 2 aromatic carbocycles. The van der Waals surface area contributed by atoms with E-state index in [1.54, 1.807) is 23.5 Å². The van der Waals surface area contributed by atoms with Gasteiger partial charge in [0, 0.05) is 9.79 Å². The molecule has 2 N–H and O–H groups in total. The van der Waals surface area contributed by atoms with E-state index in [2.05, 4.69) is 10.6 Å². The highest BCUT2D eigenvalue weighted by Gasteiger charge is 2.40. The van der Waals surface area contributed by atoms with Crippen LogP contribution in [0.2, 0.25) is 0 Å². The van der Waals surface area contributed by atoms with Crippen LogP contribution in [0, 0.1) is 0 Å².